The van der Waals surface area contributed by atoms with Crippen molar-refractivity contribution in [3.63, 3.8) is 0 Å². The maximum Gasteiger partial charge on any atom is 0.289 e. The lowest BCUT2D eigenvalue weighted by atomic mass is 10.2. The average Bonchev–Trinajstić information content (AvgIpc) is 3.10. The minimum Gasteiger partial charge on any atom is -0.451 e. The number of furan rings is 1. The van der Waals surface area contributed by atoms with E-state index in [2.05, 4.69) is 15.9 Å². The third-order valence-electron chi connectivity index (χ3n) is 4.65. The third kappa shape index (κ3) is 3.57. The molecule has 2 heterocycles. The molecule has 4 rings (SSSR count). The van der Waals surface area contributed by atoms with Crippen LogP contribution in [0.5, 0.6) is 0 Å². The number of rotatable bonds is 3. The standard InChI is InChI=1S/C19H16BrFN2O4S/c20-14-4-5-17-13(10-14)11-18(27-17)19(24)22-6-8-23(9-7-22)28(25,26)16-3-1-2-15(21)12-16/h1-5,10-12H,6-9H2. The van der Waals surface area contributed by atoms with Gasteiger partial charge < -0.3 is 9.32 Å². The van der Waals surface area contributed by atoms with Crippen molar-refractivity contribution < 1.29 is 22.0 Å². The molecule has 28 heavy (non-hydrogen) atoms. The van der Waals surface area contributed by atoms with Gasteiger partial charge in [-0.3, -0.25) is 4.79 Å². The summed E-state index contributed by atoms with van der Waals surface area (Å²) in [5.41, 5.74) is 0.610. The van der Waals surface area contributed by atoms with Gasteiger partial charge in [0.05, 0.1) is 4.90 Å². The van der Waals surface area contributed by atoms with E-state index in [0.29, 0.717) is 5.58 Å². The molecule has 146 valence electrons. The van der Waals surface area contributed by atoms with Gasteiger partial charge in [0.1, 0.15) is 11.4 Å². The van der Waals surface area contributed by atoms with Crippen LogP contribution in [0.15, 0.2) is 62.3 Å². The van der Waals surface area contributed by atoms with E-state index in [0.717, 1.165) is 15.9 Å². The molecule has 0 aliphatic carbocycles. The fourth-order valence-corrected chi connectivity index (χ4v) is 5.02. The molecule has 0 saturated carbocycles. The maximum absolute atomic E-state index is 13.4. The average molecular weight is 467 g/mol. The minimum absolute atomic E-state index is 0.0878. The molecule has 0 atom stereocenters. The zero-order chi connectivity index (χ0) is 19.9. The zero-order valence-electron chi connectivity index (χ0n) is 14.6. The van der Waals surface area contributed by atoms with Gasteiger partial charge in [-0.15, -0.1) is 0 Å². The van der Waals surface area contributed by atoms with Crippen LogP contribution in [0, 0.1) is 5.82 Å². The number of nitrogens with zero attached hydrogens (tertiary/aromatic N) is 2. The molecular formula is C19H16BrFN2O4S. The van der Waals surface area contributed by atoms with Gasteiger partial charge in [-0.1, -0.05) is 22.0 Å². The lowest BCUT2D eigenvalue weighted by Crippen LogP contribution is -2.50. The normalized spacial score (nSPS) is 15.9. The highest BCUT2D eigenvalue weighted by atomic mass is 79.9. The summed E-state index contributed by atoms with van der Waals surface area (Å²) in [7, 11) is -3.80. The first-order chi connectivity index (χ1) is 13.3. The Hall–Kier alpha value is -2.23. The Labute approximate surface area is 169 Å². The van der Waals surface area contributed by atoms with Crippen LogP contribution in [0.3, 0.4) is 0 Å². The van der Waals surface area contributed by atoms with Crippen LogP contribution in [0.2, 0.25) is 0 Å². The van der Waals surface area contributed by atoms with E-state index < -0.39 is 15.8 Å². The number of carbonyl (C=O) groups is 1. The van der Waals surface area contributed by atoms with Gasteiger partial charge in [-0.05, 0) is 42.5 Å². The summed E-state index contributed by atoms with van der Waals surface area (Å²) < 4.78 is 46.5. The van der Waals surface area contributed by atoms with E-state index in [-0.39, 0.29) is 42.7 Å². The van der Waals surface area contributed by atoms with E-state index in [1.54, 1.807) is 17.0 Å². The summed E-state index contributed by atoms with van der Waals surface area (Å²) in [5.74, 6) is -0.670. The van der Waals surface area contributed by atoms with Crippen molar-refractivity contribution >= 4 is 42.8 Å². The fourth-order valence-electron chi connectivity index (χ4n) is 3.18. The zero-order valence-corrected chi connectivity index (χ0v) is 17.0. The molecule has 0 unspecified atom stereocenters. The second-order valence-corrected chi connectivity index (χ2v) is 9.30. The largest absolute Gasteiger partial charge is 0.451 e. The van der Waals surface area contributed by atoms with Crippen LogP contribution in [0.25, 0.3) is 11.0 Å². The summed E-state index contributed by atoms with van der Waals surface area (Å²) in [6.45, 7) is 0.731. The first-order valence-electron chi connectivity index (χ1n) is 8.59. The topological polar surface area (TPSA) is 70.8 Å². The first kappa shape index (κ1) is 19.1. The molecule has 0 radical (unpaired) electrons. The van der Waals surface area contributed by atoms with Gasteiger partial charge in [0, 0.05) is 36.0 Å². The lowest BCUT2D eigenvalue weighted by molar-refractivity contribution is 0.0668. The molecule has 1 saturated heterocycles. The SMILES string of the molecule is O=C(c1cc2cc(Br)ccc2o1)N1CCN(S(=O)(=O)c2cccc(F)c2)CC1. The Morgan fingerprint density at radius 1 is 1.04 bits per heavy atom. The predicted molar refractivity (Wildman–Crippen MR) is 105 cm³/mol. The molecule has 6 nitrogen and oxygen atoms in total. The van der Waals surface area contributed by atoms with Crippen molar-refractivity contribution in [2.24, 2.45) is 0 Å². The molecule has 0 bridgehead atoms. The second kappa shape index (κ2) is 7.31. The number of sulfonamides is 1. The monoisotopic (exact) mass is 466 g/mol. The Bertz CT molecular complexity index is 1150. The first-order valence-corrected chi connectivity index (χ1v) is 10.8. The van der Waals surface area contributed by atoms with Crippen molar-refractivity contribution in [1.29, 1.82) is 0 Å². The van der Waals surface area contributed by atoms with E-state index >= 15 is 0 Å². The summed E-state index contributed by atoms with van der Waals surface area (Å²) in [5, 5.41) is 0.810. The lowest BCUT2D eigenvalue weighted by Gasteiger charge is -2.33. The number of hydrogen-bond donors (Lipinski definition) is 0. The molecule has 1 fully saturated rings. The number of piperazine rings is 1. The van der Waals surface area contributed by atoms with E-state index in [1.165, 1.54) is 22.5 Å². The van der Waals surface area contributed by atoms with Gasteiger partial charge in [-0.2, -0.15) is 4.31 Å². The highest BCUT2D eigenvalue weighted by molar-refractivity contribution is 9.10. The Morgan fingerprint density at radius 3 is 2.50 bits per heavy atom. The van der Waals surface area contributed by atoms with Gasteiger partial charge in [0.15, 0.2) is 5.76 Å². The summed E-state index contributed by atoms with van der Waals surface area (Å²) in [6.07, 6.45) is 0. The van der Waals surface area contributed by atoms with Crippen LogP contribution in [0.1, 0.15) is 10.6 Å². The third-order valence-corrected chi connectivity index (χ3v) is 7.04. The smallest absolute Gasteiger partial charge is 0.289 e. The van der Waals surface area contributed by atoms with Crippen LogP contribution in [0.4, 0.5) is 4.39 Å². The van der Waals surface area contributed by atoms with E-state index in [9.17, 15) is 17.6 Å². The predicted octanol–water partition coefficient (Wildman–Crippen LogP) is 3.48. The second-order valence-electron chi connectivity index (χ2n) is 6.45. The molecule has 3 aromatic rings. The number of fused-ring (bicyclic) bond motifs is 1. The van der Waals surface area contributed by atoms with Crippen LogP contribution in [-0.4, -0.2) is 49.7 Å². The van der Waals surface area contributed by atoms with E-state index in [4.69, 9.17) is 4.42 Å². The summed E-state index contributed by atoms with van der Waals surface area (Å²) >= 11 is 3.38. The van der Waals surface area contributed by atoms with E-state index in [1.807, 2.05) is 12.1 Å². The van der Waals surface area contributed by atoms with Gasteiger partial charge in [0.25, 0.3) is 5.91 Å². The molecule has 2 aromatic carbocycles. The quantitative estimate of drug-likeness (QED) is 0.592. The highest BCUT2D eigenvalue weighted by Gasteiger charge is 2.31. The number of amides is 1. The Balaban J connectivity index is 1.48. The molecule has 1 aliphatic heterocycles. The van der Waals surface area contributed by atoms with Crippen molar-refractivity contribution in [2.45, 2.75) is 4.90 Å². The number of halogens is 2. The molecule has 1 aromatic heterocycles. The Kier molecular flexibility index (Phi) is 4.98. The van der Waals surface area contributed by atoms with Gasteiger partial charge in [0.2, 0.25) is 10.0 Å². The van der Waals surface area contributed by atoms with Crippen molar-refractivity contribution in [3.8, 4) is 0 Å². The number of carbonyl (C=O) groups excluding carboxylic acids is 1. The number of benzene rings is 2. The Morgan fingerprint density at radius 2 is 1.79 bits per heavy atom. The highest BCUT2D eigenvalue weighted by Crippen LogP contribution is 2.25. The molecule has 1 amide bonds. The molecule has 0 N–H and O–H groups in total. The minimum atomic E-state index is -3.80. The van der Waals surface area contributed by atoms with Crippen molar-refractivity contribution in [1.82, 2.24) is 9.21 Å². The van der Waals surface area contributed by atoms with Crippen LogP contribution >= 0.6 is 15.9 Å². The van der Waals surface area contributed by atoms with Crippen LogP contribution in [-0.2, 0) is 10.0 Å². The molecule has 0 spiro atoms. The fraction of sp³-hybridized carbons (Fsp3) is 0.211. The number of hydrogen-bond acceptors (Lipinski definition) is 4. The van der Waals surface area contributed by atoms with Crippen molar-refractivity contribution in [2.75, 3.05) is 26.2 Å². The van der Waals surface area contributed by atoms with Crippen molar-refractivity contribution in [3.05, 3.63) is 64.6 Å². The molecule has 9 heteroatoms. The summed E-state index contributed by atoms with van der Waals surface area (Å²) in [6, 6.07) is 12.1. The molecular weight excluding hydrogens is 451 g/mol. The van der Waals surface area contributed by atoms with Gasteiger partial charge >= 0.3 is 0 Å². The summed E-state index contributed by atoms with van der Waals surface area (Å²) in [4.78, 5) is 14.2. The van der Waals surface area contributed by atoms with Gasteiger partial charge in [-0.25, -0.2) is 12.8 Å². The van der Waals surface area contributed by atoms with Crippen LogP contribution < -0.4 is 0 Å². The molecule has 1 aliphatic rings. The maximum atomic E-state index is 13.4.